The summed E-state index contributed by atoms with van der Waals surface area (Å²) >= 11 is 0. The minimum absolute atomic E-state index is 0.137. The molecule has 1 aromatic rings. The molecule has 0 amide bonds. The Kier molecular flexibility index (Phi) is 6.63. The van der Waals surface area contributed by atoms with Gasteiger partial charge in [0.25, 0.3) is 0 Å². The zero-order chi connectivity index (χ0) is 15.9. The van der Waals surface area contributed by atoms with Crippen LogP contribution in [0.4, 0.5) is 24.8 Å². The highest BCUT2D eigenvalue weighted by molar-refractivity contribution is 5.47. The van der Waals surface area contributed by atoms with Crippen LogP contribution < -0.4 is 10.6 Å². The van der Waals surface area contributed by atoms with E-state index in [1.54, 1.807) is 0 Å². The molecule has 0 bridgehead atoms. The summed E-state index contributed by atoms with van der Waals surface area (Å²) in [6, 6.07) is 1.48. The van der Waals surface area contributed by atoms with E-state index in [0.29, 0.717) is 18.2 Å². The van der Waals surface area contributed by atoms with E-state index in [0.717, 1.165) is 6.42 Å². The third kappa shape index (κ3) is 6.13. The summed E-state index contributed by atoms with van der Waals surface area (Å²) in [6.07, 6.45) is -6.25. The molecule has 120 valence electrons. The van der Waals surface area contributed by atoms with Crippen LogP contribution in [0.2, 0.25) is 0 Å². The fourth-order valence-electron chi connectivity index (χ4n) is 1.44. The van der Waals surface area contributed by atoms with E-state index in [1.165, 1.54) is 13.2 Å². The molecule has 0 aliphatic carbocycles. The van der Waals surface area contributed by atoms with E-state index in [2.05, 4.69) is 20.6 Å². The quantitative estimate of drug-likeness (QED) is 0.679. The van der Waals surface area contributed by atoms with Crippen molar-refractivity contribution in [3.63, 3.8) is 0 Å². The third-order valence-electron chi connectivity index (χ3n) is 2.46. The average molecular weight is 308 g/mol. The fourth-order valence-corrected chi connectivity index (χ4v) is 1.44. The molecule has 9 heteroatoms. The smallest absolute Gasteiger partial charge is 0.382 e. The summed E-state index contributed by atoms with van der Waals surface area (Å²) in [7, 11) is 1.47. The van der Waals surface area contributed by atoms with E-state index in [9.17, 15) is 13.2 Å². The molecule has 1 heterocycles. The first-order valence-corrected chi connectivity index (χ1v) is 6.46. The monoisotopic (exact) mass is 308 g/mol. The number of nitrogens with zero attached hydrogens (tertiary/aromatic N) is 2. The van der Waals surface area contributed by atoms with Crippen molar-refractivity contribution in [2.45, 2.75) is 32.2 Å². The molecule has 3 N–H and O–H groups in total. The molecular formula is C12H19F3N4O2. The highest BCUT2D eigenvalue weighted by Crippen LogP contribution is 2.20. The zero-order valence-electron chi connectivity index (χ0n) is 11.9. The van der Waals surface area contributed by atoms with Crippen LogP contribution in [0.15, 0.2) is 6.07 Å². The maximum atomic E-state index is 12.2. The van der Waals surface area contributed by atoms with Crippen molar-refractivity contribution >= 4 is 11.6 Å². The Hall–Kier alpha value is -1.61. The van der Waals surface area contributed by atoms with Gasteiger partial charge in [-0.1, -0.05) is 6.92 Å². The molecule has 0 aromatic carbocycles. The molecule has 0 spiro atoms. The average Bonchev–Trinajstić information content (AvgIpc) is 2.41. The normalized spacial score (nSPS) is 13.0. The van der Waals surface area contributed by atoms with Crippen LogP contribution in [0.1, 0.15) is 19.2 Å². The molecule has 0 saturated heterocycles. The number of halogens is 3. The van der Waals surface area contributed by atoms with Crippen LogP contribution in [0.3, 0.4) is 0 Å². The molecule has 0 aliphatic heterocycles. The van der Waals surface area contributed by atoms with Gasteiger partial charge >= 0.3 is 6.18 Å². The Balaban J connectivity index is 2.77. The van der Waals surface area contributed by atoms with Gasteiger partial charge in [-0.2, -0.15) is 13.2 Å². The number of ether oxygens (including phenoxy) is 1. The Morgan fingerprint density at radius 3 is 2.43 bits per heavy atom. The molecular weight excluding hydrogens is 289 g/mol. The van der Waals surface area contributed by atoms with E-state index in [-0.39, 0.29) is 12.4 Å². The van der Waals surface area contributed by atoms with Gasteiger partial charge in [-0.15, -0.1) is 0 Å². The summed E-state index contributed by atoms with van der Waals surface area (Å²) in [4.78, 5) is 8.18. The van der Waals surface area contributed by atoms with Crippen LogP contribution in [0, 0.1) is 0 Å². The van der Waals surface area contributed by atoms with Crippen LogP contribution in [0.25, 0.3) is 0 Å². The van der Waals surface area contributed by atoms with Gasteiger partial charge in [0, 0.05) is 19.7 Å². The molecule has 0 aliphatic rings. The summed E-state index contributed by atoms with van der Waals surface area (Å²) in [6.45, 7) is 2.11. The van der Waals surface area contributed by atoms with E-state index < -0.39 is 18.8 Å². The van der Waals surface area contributed by atoms with E-state index in [4.69, 9.17) is 9.84 Å². The fraction of sp³-hybridized carbons (Fsp3) is 0.667. The number of aliphatic hydroxyl groups excluding tert-OH is 1. The lowest BCUT2D eigenvalue weighted by atomic mass is 10.3. The Morgan fingerprint density at radius 1 is 1.29 bits per heavy atom. The van der Waals surface area contributed by atoms with Crippen LogP contribution in [0.5, 0.6) is 0 Å². The lowest BCUT2D eigenvalue weighted by Gasteiger charge is -2.16. The van der Waals surface area contributed by atoms with Crippen molar-refractivity contribution < 1.29 is 23.0 Å². The van der Waals surface area contributed by atoms with Gasteiger partial charge in [-0.05, 0) is 6.42 Å². The number of methoxy groups -OCH3 is 1. The molecule has 1 unspecified atom stereocenters. The van der Waals surface area contributed by atoms with Gasteiger partial charge < -0.3 is 20.5 Å². The molecule has 1 rings (SSSR count). The first kappa shape index (κ1) is 17.4. The van der Waals surface area contributed by atoms with Crippen molar-refractivity contribution in [3.8, 4) is 0 Å². The Morgan fingerprint density at radius 2 is 1.90 bits per heavy atom. The molecule has 1 aromatic heterocycles. The lowest BCUT2D eigenvalue weighted by molar-refractivity contribution is -0.198. The van der Waals surface area contributed by atoms with E-state index >= 15 is 0 Å². The second-order valence-corrected chi connectivity index (χ2v) is 4.35. The van der Waals surface area contributed by atoms with Gasteiger partial charge in [-0.3, -0.25) is 0 Å². The second-order valence-electron chi connectivity index (χ2n) is 4.35. The first-order chi connectivity index (χ1) is 9.86. The van der Waals surface area contributed by atoms with Gasteiger partial charge in [0.15, 0.2) is 11.9 Å². The van der Waals surface area contributed by atoms with Crippen molar-refractivity contribution in [1.82, 2.24) is 9.97 Å². The molecule has 1 atom stereocenters. The van der Waals surface area contributed by atoms with Crippen LogP contribution in [-0.2, 0) is 11.3 Å². The van der Waals surface area contributed by atoms with Gasteiger partial charge in [-0.25, -0.2) is 9.97 Å². The number of alkyl halides is 3. The molecule has 0 fully saturated rings. The topological polar surface area (TPSA) is 79.3 Å². The minimum Gasteiger partial charge on any atom is -0.382 e. The van der Waals surface area contributed by atoms with Gasteiger partial charge in [0.05, 0.1) is 6.54 Å². The molecule has 21 heavy (non-hydrogen) atoms. The number of anilines is 2. The summed E-state index contributed by atoms with van der Waals surface area (Å²) < 4.78 is 41.6. The third-order valence-corrected chi connectivity index (χ3v) is 2.46. The number of hydrogen-bond acceptors (Lipinski definition) is 6. The van der Waals surface area contributed by atoms with Crippen LogP contribution >= 0.6 is 0 Å². The van der Waals surface area contributed by atoms with E-state index in [1.807, 2.05) is 6.92 Å². The predicted octanol–water partition coefficient (Wildman–Crippen LogP) is 1.78. The lowest BCUT2D eigenvalue weighted by Crippen LogP contribution is -2.35. The number of aliphatic hydroxyl groups is 1. The summed E-state index contributed by atoms with van der Waals surface area (Å²) in [5.41, 5.74) is 0. The molecule has 0 saturated carbocycles. The summed E-state index contributed by atoms with van der Waals surface area (Å²) in [5, 5.41) is 14.4. The standard InChI is InChI=1S/C12H19F3N4O2/c1-3-4-16-9-5-10(19-11(18-9)7-21-2)17-6-8(20)12(13,14)15/h5,8,20H,3-4,6-7H2,1-2H3,(H2,16,17,18,19). The van der Waals surface area contributed by atoms with Crippen LogP contribution in [-0.4, -0.2) is 47.6 Å². The summed E-state index contributed by atoms with van der Waals surface area (Å²) in [5.74, 6) is 1.02. The highest BCUT2D eigenvalue weighted by Gasteiger charge is 2.37. The molecule has 6 nitrogen and oxygen atoms in total. The highest BCUT2D eigenvalue weighted by atomic mass is 19.4. The number of rotatable bonds is 8. The van der Waals surface area contributed by atoms with Crippen molar-refractivity contribution in [1.29, 1.82) is 0 Å². The Labute approximate surface area is 120 Å². The largest absolute Gasteiger partial charge is 0.416 e. The van der Waals surface area contributed by atoms with Crippen molar-refractivity contribution in [3.05, 3.63) is 11.9 Å². The maximum absolute atomic E-state index is 12.2. The van der Waals surface area contributed by atoms with Gasteiger partial charge in [0.2, 0.25) is 0 Å². The first-order valence-electron chi connectivity index (χ1n) is 6.46. The second kappa shape index (κ2) is 7.99. The number of nitrogens with one attached hydrogen (secondary N) is 2. The zero-order valence-corrected chi connectivity index (χ0v) is 11.9. The van der Waals surface area contributed by atoms with Crippen molar-refractivity contribution in [2.75, 3.05) is 30.8 Å². The van der Waals surface area contributed by atoms with Crippen molar-refractivity contribution in [2.24, 2.45) is 0 Å². The number of aromatic nitrogens is 2. The minimum atomic E-state index is -4.67. The molecule has 0 radical (unpaired) electrons. The Bertz CT molecular complexity index is 443. The number of hydrogen-bond donors (Lipinski definition) is 3. The SMILES string of the molecule is CCCNc1cc(NCC(O)C(F)(F)F)nc(COC)n1. The maximum Gasteiger partial charge on any atom is 0.416 e. The predicted molar refractivity (Wildman–Crippen MR) is 72.1 cm³/mol. The van der Waals surface area contributed by atoms with Gasteiger partial charge in [0.1, 0.15) is 18.2 Å².